The highest BCUT2D eigenvalue weighted by atomic mass is 32.2. The second-order valence-electron chi connectivity index (χ2n) is 4.80. The van der Waals surface area contributed by atoms with Crippen LogP contribution in [0.4, 0.5) is 5.69 Å². The minimum Gasteiger partial charge on any atom is -0.477 e. The van der Waals surface area contributed by atoms with Crippen molar-refractivity contribution >= 4 is 21.7 Å². The second kappa shape index (κ2) is 4.92. The Hall–Kier alpha value is -2.29. The van der Waals surface area contributed by atoms with E-state index in [-0.39, 0.29) is 21.8 Å². The highest BCUT2D eigenvalue weighted by Gasteiger charge is 2.27. The lowest BCUT2D eigenvalue weighted by Crippen LogP contribution is -2.15. The fourth-order valence-electron chi connectivity index (χ4n) is 2.24. The number of rotatable bonds is 4. The molecule has 0 radical (unpaired) electrons. The highest BCUT2D eigenvalue weighted by molar-refractivity contribution is 7.92. The number of carbonyl (C=O) groups is 1. The molecule has 2 aromatic rings. The molecule has 0 spiro atoms. The van der Waals surface area contributed by atoms with Gasteiger partial charge in [-0.05, 0) is 27.7 Å². The minimum absolute atomic E-state index is 0.0556. The van der Waals surface area contributed by atoms with E-state index in [0.717, 1.165) is 0 Å². The molecule has 0 fully saturated rings. The van der Waals surface area contributed by atoms with Crippen LogP contribution in [0, 0.1) is 27.7 Å². The second-order valence-corrected chi connectivity index (χ2v) is 6.42. The van der Waals surface area contributed by atoms with Crippen molar-refractivity contribution in [3.63, 3.8) is 0 Å². The predicted octanol–water partition coefficient (Wildman–Crippen LogP) is 1.47. The standard InChI is InChI=1S/C12H16N4O4S/c1-5-9(12(17)18)13-8(4)11(5)21(19,20)16-10-6(2)14-15-7(10)3/h13,16H,1-4H3,(H,14,15)(H,17,18). The first-order valence-corrected chi connectivity index (χ1v) is 7.60. The monoisotopic (exact) mass is 312 g/mol. The zero-order chi connectivity index (χ0) is 15.9. The maximum atomic E-state index is 12.5. The van der Waals surface area contributed by atoms with E-state index in [1.165, 1.54) is 13.8 Å². The predicted molar refractivity (Wildman–Crippen MR) is 76.1 cm³/mol. The van der Waals surface area contributed by atoms with E-state index < -0.39 is 16.0 Å². The Bertz CT molecular complexity index is 797. The largest absolute Gasteiger partial charge is 0.477 e. The van der Waals surface area contributed by atoms with Crippen molar-refractivity contribution in [2.45, 2.75) is 32.6 Å². The maximum absolute atomic E-state index is 12.5. The normalized spacial score (nSPS) is 11.6. The van der Waals surface area contributed by atoms with Crippen LogP contribution in [0.5, 0.6) is 0 Å². The summed E-state index contributed by atoms with van der Waals surface area (Å²) in [5.74, 6) is -1.20. The van der Waals surface area contributed by atoms with Crippen LogP contribution in [-0.4, -0.2) is 34.7 Å². The van der Waals surface area contributed by atoms with Gasteiger partial charge in [0.1, 0.15) is 10.6 Å². The molecule has 2 aromatic heterocycles. The molecular formula is C12H16N4O4S. The van der Waals surface area contributed by atoms with Gasteiger partial charge < -0.3 is 10.1 Å². The number of nitrogens with one attached hydrogen (secondary N) is 3. The van der Waals surface area contributed by atoms with E-state index in [2.05, 4.69) is 19.9 Å². The number of carboxylic acids is 1. The summed E-state index contributed by atoms with van der Waals surface area (Å²) < 4.78 is 27.5. The molecule has 0 saturated heterocycles. The Morgan fingerprint density at radius 3 is 2.24 bits per heavy atom. The molecule has 2 rings (SSSR count). The lowest BCUT2D eigenvalue weighted by atomic mass is 10.2. The van der Waals surface area contributed by atoms with Crippen molar-refractivity contribution in [1.82, 2.24) is 15.2 Å². The van der Waals surface area contributed by atoms with Gasteiger partial charge >= 0.3 is 5.97 Å². The SMILES string of the molecule is Cc1n[nH]c(C)c1NS(=O)(=O)c1c(C)[nH]c(C(=O)O)c1C. The van der Waals surface area contributed by atoms with Gasteiger partial charge in [-0.1, -0.05) is 0 Å². The topological polar surface area (TPSA) is 128 Å². The summed E-state index contributed by atoms with van der Waals surface area (Å²) >= 11 is 0. The van der Waals surface area contributed by atoms with Gasteiger partial charge in [0.25, 0.3) is 10.0 Å². The van der Waals surface area contributed by atoms with Crippen LogP contribution in [-0.2, 0) is 10.0 Å². The van der Waals surface area contributed by atoms with Crippen LogP contribution >= 0.6 is 0 Å². The first-order chi connectivity index (χ1) is 9.65. The first-order valence-electron chi connectivity index (χ1n) is 6.12. The van der Waals surface area contributed by atoms with Gasteiger partial charge in [0.2, 0.25) is 0 Å². The molecule has 0 aliphatic carbocycles. The van der Waals surface area contributed by atoms with Gasteiger partial charge in [-0.2, -0.15) is 5.10 Å². The van der Waals surface area contributed by atoms with Gasteiger partial charge in [-0.15, -0.1) is 0 Å². The Balaban J connectivity index is 2.53. The van der Waals surface area contributed by atoms with Crippen molar-refractivity contribution in [3.05, 3.63) is 28.3 Å². The molecule has 0 unspecified atom stereocenters. The van der Waals surface area contributed by atoms with E-state index in [1.807, 2.05) is 0 Å². The Labute approximate surface area is 121 Å². The number of nitrogens with zero attached hydrogens (tertiary/aromatic N) is 1. The van der Waals surface area contributed by atoms with Gasteiger partial charge in [0, 0.05) is 11.3 Å². The molecule has 4 N–H and O–H groups in total. The lowest BCUT2D eigenvalue weighted by Gasteiger charge is -2.09. The zero-order valence-corrected chi connectivity index (χ0v) is 12.8. The summed E-state index contributed by atoms with van der Waals surface area (Å²) in [7, 11) is -3.91. The quantitative estimate of drug-likeness (QED) is 0.679. The fourth-order valence-corrected chi connectivity index (χ4v) is 3.87. The Kier molecular flexibility index (Phi) is 3.54. The van der Waals surface area contributed by atoms with Crippen molar-refractivity contribution in [2.75, 3.05) is 4.72 Å². The highest BCUT2D eigenvalue weighted by Crippen LogP contribution is 2.27. The van der Waals surface area contributed by atoms with Crippen LogP contribution < -0.4 is 4.72 Å². The fraction of sp³-hybridized carbons (Fsp3) is 0.333. The molecule has 0 aliphatic rings. The molecule has 21 heavy (non-hydrogen) atoms. The molecule has 8 nitrogen and oxygen atoms in total. The molecule has 0 saturated carbocycles. The number of H-pyrrole nitrogens is 2. The average Bonchev–Trinajstić information content (AvgIpc) is 2.83. The van der Waals surface area contributed by atoms with Gasteiger partial charge in [-0.3, -0.25) is 9.82 Å². The average molecular weight is 312 g/mol. The molecule has 9 heteroatoms. The third-order valence-electron chi connectivity index (χ3n) is 3.22. The molecule has 0 atom stereocenters. The van der Waals surface area contributed by atoms with Gasteiger partial charge in [0.05, 0.1) is 17.1 Å². The maximum Gasteiger partial charge on any atom is 0.352 e. The summed E-state index contributed by atoms with van der Waals surface area (Å²) in [6.07, 6.45) is 0. The molecule has 2 heterocycles. The molecule has 0 aliphatic heterocycles. The Morgan fingerprint density at radius 1 is 1.19 bits per heavy atom. The number of carboxylic acid groups (broad SMARTS) is 1. The van der Waals surface area contributed by atoms with E-state index in [4.69, 9.17) is 5.11 Å². The van der Waals surface area contributed by atoms with Crippen LogP contribution in [0.15, 0.2) is 4.90 Å². The summed E-state index contributed by atoms with van der Waals surface area (Å²) in [4.78, 5) is 13.6. The van der Waals surface area contributed by atoms with Gasteiger partial charge in [-0.25, -0.2) is 13.2 Å². The summed E-state index contributed by atoms with van der Waals surface area (Å²) in [6.45, 7) is 6.33. The smallest absolute Gasteiger partial charge is 0.352 e. The van der Waals surface area contributed by atoms with Crippen molar-refractivity contribution in [2.24, 2.45) is 0 Å². The number of aromatic amines is 2. The third-order valence-corrected chi connectivity index (χ3v) is 4.84. The lowest BCUT2D eigenvalue weighted by molar-refractivity contribution is 0.0690. The number of hydrogen-bond donors (Lipinski definition) is 4. The molecule has 114 valence electrons. The van der Waals surface area contributed by atoms with E-state index in [0.29, 0.717) is 17.1 Å². The van der Waals surface area contributed by atoms with Gasteiger partial charge in [0.15, 0.2) is 0 Å². The van der Waals surface area contributed by atoms with Crippen molar-refractivity contribution in [3.8, 4) is 0 Å². The first kappa shape index (κ1) is 15.1. The van der Waals surface area contributed by atoms with Crippen LogP contribution in [0.2, 0.25) is 0 Å². The summed E-state index contributed by atoms with van der Waals surface area (Å²) in [5, 5.41) is 15.7. The van der Waals surface area contributed by atoms with Crippen molar-refractivity contribution < 1.29 is 18.3 Å². The Morgan fingerprint density at radius 2 is 1.81 bits per heavy atom. The number of aromatic nitrogens is 3. The summed E-state index contributed by atoms with van der Waals surface area (Å²) in [6, 6.07) is 0. The number of aryl methyl sites for hydroxylation is 3. The van der Waals surface area contributed by atoms with Crippen LogP contribution in [0.1, 0.15) is 33.1 Å². The molecular weight excluding hydrogens is 296 g/mol. The van der Waals surface area contributed by atoms with Crippen LogP contribution in [0.3, 0.4) is 0 Å². The van der Waals surface area contributed by atoms with E-state index in [1.54, 1.807) is 13.8 Å². The summed E-state index contributed by atoms with van der Waals surface area (Å²) in [5.41, 5.74) is 1.78. The van der Waals surface area contributed by atoms with E-state index >= 15 is 0 Å². The zero-order valence-electron chi connectivity index (χ0n) is 12.0. The number of aromatic carboxylic acids is 1. The van der Waals surface area contributed by atoms with E-state index in [9.17, 15) is 13.2 Å². The van der Waals surface area contributed by atoms with Crippen LogP contribution in [0.25, 0.3) is 0 Å². The molecule has 0 aromatic carbocycles. The van der Waals surface area contributed by atoms with Crippen molar-refractivity contribution in [1.29, 1.82) is 0 Å². The molecule has 0 bridgehead atoms. The minimum atomic E-state index is -3.91. The molecule has 0 amide bonds. The number of hydrogen-bond acceptors (Lipinski definition) is 4. The number of anilines is 1. The number of sulfonamides is 1. The third kappa shape index (κ3) is 2.51.